The van der Waals surface area contributed by atoms with Gasteiger partial charge in [-0.15, -0.1) is 0 Å². The van der Waals surface area contributed by atoms with Crippen LogP contribution in [0.4, 0.5) is 11.5 Å². The van der Waals surface area contributed by atoms with Crippen LogP contribution in [-0.4, -0.2) is 21.7 Å². The van der Waals surface area contributed by atoms with Crippen molar-refractivity contribution in [2.45, 2.75) is 31.3 Å². The van der Waals surface area contributed by atoms with Crippen LogP contribution < -0.4 is 16.4 Å². The molecule has 3 aromatic carbocycles. The van der Waals surface area contributed by atoms with Gasteiger partial charge >= 0.3 is 0 Å². The number of nitrogens with one attached hydrogen (secondary N) is 2. The number of hydrogen-bond donors (Lipinski definition) is 3. The molecule has 0 saturated carbocycles. The molecule has 0 aliphatic heterocycles. The van der Waals surface area contributed by atoms with E-state index in [1.54, 1.807) is 10.9 Å². The number of carbonyl (C=O) groups excluding carboxylic acids is 1. The lowest BCUT2D eigenvalue weighted by Crippen LogP contribution is -2.39. The van der Waals surface area contributed by atoms with Gasteiger partial charge in [-0.1, -0.05) is 104 Å². The van der Waals surface area contributed by atoms with Crippen LogP contribution in [0.15, 0.2) is 97.2 Å². The Morgan fingerprint density at radius 1 is 0.912 bits per heavy atom. The number of nitrogens with zero attached hydrogens (tertiary/aromatic N) is 2. The largest absolute Gasteiger partial charge is 0.351 e. The number of amides is 1. The first kappa shape index (κ1) is 23.3. The van der Waals surface area contributed by atoms with Crippen molar-refractivity contribution in [1.82, 2.24) is 9.78 Å². The molecule has 4 rings (SSSR count). The number of benzene rings is 3. The number of nitrogens with two attached hydrogens (primary N) is 1. The van der Waals surface area contributed by atoms with Gasteiger partial charge in [-0.25, -0.2) is 0 Å². The van der Waals surface area contributed by atoms with E-state index < -0.39 is 11.6 Å². The molecule has 0 radical (unpaired) electrons. The van der Waals surface area contributed by atoms with Gasteiger partial charge in [0.1, 0.15) is 17.0 Å². The first-order chi connectivity index (χ1) is 16.6. The van der Waals surface area contributed by atoms with E-state index in [1.165, 1.54) is 0 Å². The van der Waals surface area contributed by atoms with Gasteiger partial charge in [-0.3, -0.25) is 9.48 Å². The highest BCUT2D eigenvalue weighted by Gasteiger charge is 2.38. The summed E-state index contributed by atoms with van der Waals surface area (Å²) in [6.45, 7) is 2.01. The predicted molar refractivity (Wildman–Crippen MR) is 138 cm³/mol. The maximum absolute atomic E-state index is 12.7. The van der Waals surface area contributed by atoms with Gasteiger partial charge < -0.3 is 16.4 Å². The lowest BCUT2D eigenvalue weighted by Gasteiger charge is -2.38. The van der Waals surface area contributed by atoms with Crippen molar-refractivity contribution in [2.75, 3.05) is 10.6 Å². The van der Waals surface area contributed by atoms with Gasteiger partial charge in [0.15, 0.2) is 0 Å². The predicted octanol–water partition coefficient (Wildman–Crippen LogP) is 4.89. The molecular formula is C28H31N5O. The Bertz CT molecular complexity index is 1110. The van der Waals surface area contributed by atoms with E-state index in [-0.39, 0.29) is 5.91 Å². The molecule has 0 aliphatic carbocycles. The average Bonchev–Trinajstić information content (AvgIpc) is 3.22. The Balaban J connectivity index is 1.87. The van der Waals surface area contributed by atoms with Gasteiger partial charge in [0.2, 0.25) is 5.91 Å². The van der Waals surface area contributed by atoms with Crippen molar-refractivity contribution < 1.29 is 4.79 Å². The second-order valence-corrected chi connectivity index (χ2v) is 8.39. The third-order valence-corrected chi connectivity index (χ3v) is 6.06. The zero-order chi connectivity index (χ0) is 24.0. The summed E-state index contributed by atoms with van der Waals surface area (Å²) in [7, 11) is 1.86. The second-order valence-electron chi connectivity index (χ2n) is 8.39. The molecule has 4 aromatic rings. The molecule has 1 aromatic heterocycles. The first-order valence-electron chi connectivity index (χ1n) is 11.6. The van der Waals surface area contributed by atoms with Crippen LogP contribution in [0.3, 0.4) is 0 Å². The highest BCUT2D eigenvalue weighted by Crippen LogP contribution is 2.41. The molecule has 34 heavy (non-hydrogen) atoms. The minimum absolute atomic E-state index is 0.220. The highest BCUT2D eigenvalue weighted by molar-refractivity contribution is 5.97. The molecule has 0 aliphatic rings. The number of carbonyl (C=O) groups is 1. The minimum Gasteiger partial charge on any atom is -0.351 e. The lowest BCUT2D eigenvalue weighted by atomic mass is 9.77. The molecule has 0 bridgehead atoms. The summed E-state index contributed by atoms with van der Waals surface area (Å²) in [5, 5.41) is 11.2. The Labute approximate surface area is 200 Å². The topological polar surface area (TPSA) is 85.0 Å². The third-order valence-electron chi connectivity index (χ3n) is 6.06. The smallest absolute Gasteiger partial charge is 0.241 e. The SMILES string of the molecule is CCC[C@H](N)C(=O)Nc1cnn(C)c1NC(c1ccccc1)(c1ccccc1)c1ccccc1. The molecule has 0 spiro atoms. The summed E-state index contributed by atoms with van der Waals surface area (Å²) in [5.41, 5.74) is 9.12. The van der Waals surface area contributed by atoms with Gasteiger partial charge in [-0.2, -0.15) is 5.10 Å². The Kier molecular flexibility index (Phi) is 7.09. The van der Waals surface area contributed by atoms with Crippen LogP contribution in [-0.2, 0) is 17.4 Å². The Morgan fingerprint density at radius 2 is 1.38 bits per heavy atom. The zero-order valence-electron chi connectivity index (χ0n) is 19.6. The van der Waals surface area contributed by atoms with Crippen LogP contribution in [0, 0.1) is 0 Å². The van der Waals surface area contributed by atoms with E-state index in [9.17, 15) is 4.79 Å². The number of aryl methyl sites for hydroxylation is 1. The minimum atomic E-state index is -0.734. The summed E-state index contributed by atoms with van der Waals surface area (Å²) in [6, 6.07) is 30.3. The standard InChI is InChI=1S/C28H31N5O/c1-3-13-24(29)27(34)31-25-20-30-33(2)26(25)32-28(21-14-7-4-8-15-21,22-16-9-5-10-17-22)23-18-11-6-12-19-23/h4-12,14-20,24,32H,3,13,29H2,1-2H3,(H,31,34)/t24-/m0/s1. The van der Waals surface area contributed by atoms with E-state index in [4.69, 9.17) is 5.73 Å². The summed E-state index contributed by atoms with van der Waals surface area (Å²) in [4.78, 5) is 12.7. The van der Waals surface area contributed by atoms with Crippen LogP contribution in [0.5, 0.6) is 0 Å². The monoisotopic (exact) mass is 453 g/mol. The van der Waals surface area contributed by atoms with E-state index in [0.29, 0.717) is 17.9 Å². The molecule has 174 valence electrons. The van der Waals surface area contributed by atoms with Crippen molar-refractivity contribution in [1.29, 1.82) is 0 Å². The van der Waals surface area contributed by atoms with Gasteiger partial charge in [0.25, 0.3) is 0 Å². The highest BCUT2D eigenvalue weighted by atomic mass is 16.2. The normalized spacial score (nSPS) is 12.2. The fourth-order valence-electron chi connectivity index (χ4n) is 4.30. The van der Waals surface area contributed by atoms with Crippen molar-refractivity contribution in [3.05, 3.63) is 114 Å². The summed E-state index contributed by atoms with van der Waals surface area (Å²) < 4.78 is 1.74. The van der Waals surface area contributed by atoms with Gasteiger partial charge in [0.05, 0.1) is 12.2 Å². The van der Waals surface area contributed by atoms with Crippen LogP contribution in [0.2, 0.25) is 0 Å². The van der Waals surface area contributed by atoms with Gasteiger partial charge in [-0.05, 0) is 23.1 Å². The maximum atomic E-state index is 12.7. The number of anilines is 2. The fraction of sp³-hybridized carbons (Fsp3) is 0.214. The second kappa shape index (κ2) is 10.4. The van der Waals surface area contributed by atoms with Crippen molar-refractivity contribution in [3.63, 3.8) is 0 Å². The van der Waals surface area contributed by atoms with Crippen molar-refractivity contribution in [3.8, 4) is 0 Å². The van der Waals surface area contributed by atoms with E-state index in [0.717, 1.165) is 23.1 Å². The number of rotatable bonds is 9. The van der Waals surface area contributed by atoms with E-state index in [2.05, 4.69) is 52.1 Å². The molecule has 4 N–H and O–H groups in total. The number of aromatic nitrogens is 2. The number of hydrogen-bond acceptors (Lipinski definition) is 4. The van der Waals surface area contributed by atoms with Crippen LogP contribution in [0.1, 0.15) is 36.5 Å². The lowest BCUT2D eigenvalue weighted by molar-refractivity contribution is -0.117. The molecule has 1 amide bonds. The molecule has 6 nitrogen and oxygen atoms in total. The Hall–Kier alpha value is -3.90. The van der Waals surface area contributed by atoms with E-state index >= 15 is 0 Å². The maximum Gasteiger partial charge on any atom is 0.241 e. The van der Waals surface area contributed by atoms with Crippen LogP contribution in [0.25, 0.3) is 0 Å². The van der Waals surface area contributed by atoms with E-state index in [1.807, 2.05) is 68.6 Å². The zero-order valence-corrected chi connectivity index (χ0v) is 19.6. The molecule has 0 unspecified atom stereocenters. The van der Waals surface area contributed by atoms with Crippen LogP contribution >= 0.6 is 0 Å². The molecule has 0 saturated heterocycles. The quantitative estimate of drug-likeness (QED) is 0.315. The summed E-state index contributed by atoms with van der Waals surface area (Å²) in [5.74, 6) is 0.469. The summed E-state index contributed by atoms with van der Waals surface area (Å²) >= 11 is 0. The first-order valence-corrected chi connectivity index (χ1v) is 11.6. The van der Waals surface area contributed by atoms with Crippen molar-refractivity contribution >= 4 is 17.4 Å². The average molecular weight is 454 g/mol. The molecule has 6 heteroatoms. The molecular weight excluding hydrogens is 422 g/mol. The van der Waals surface area contributed by atoms with Gasteiger partial charge in [0, 0.05) is 7.05 Å². The summed E-state index contributed by atoms with van der Waals surface area (Å²) in [6.07, 6.45) is 3.12. The Morgan fingerprint density at radius 3 is 1.82 bits per heavy atom. The molecule has 1 atom stereocenters. The molecule has 0 fully saturated rings. The van der Waals surface area contributed by atoms with Crippen molar-refractivity contribution in [2.24, 2.45) is 12.8 Å². The fourth-order valence-corrected chi connectivity index (χ4v) is 4.30. The molecule has 1 heterocycles. The third kappa shape index (κ3) is 4.58.